The Bertz CT molecular complexity index is 621. The first-order chi connectivity index (χ1) is 10.0. The second-order valence-corrected chi connectivity index (χ2v) is 5.34. The molecular formula is C16H15Cl2FO2. The van der Waals surface area contributed by atoms with E-state index in [0.29, 0.717) is 39.9 Å². The molecule has 0 amide bonds. The van der Waals surface area contributed by atoms with E-state index in [1.54, 1.807) is 31.4 Å². The van der Waals surface area contributed by atoms with Crippen LogP contribution < -0.4 is 9.47 Å². The number of halogens is 3. The predicted molar refractivity (Wildman–Crippen MR) is 83.4 cm³/mol. The molecule has 2 aromatic rings. The molecule has 2 aromatic carbocycles. The zero-order valence-electron chi connectivity index (χ0n) is 11.8. The van der Waals surface area contributed by atoms with Crippen LogP contribution >= 0.6 is 23.2 Å². The van der Waals surface area contributed by atoms with Gasteiger partial charge < -0.3 is 9.47 Å². The number of ether oxygens (including phenoxy) is 2. The summed E-state index contributed by atoms with van der Waals surface area (Å²) in [5, 5.41) is 1.04. The molecule has 2 nitrogen and oxygen atoms in total. The van der Waals surface area contributed by atoms with Crippen molar-refractivity contribution in [3.8, 4) is 11.5 Å². The van der Waals surface area contributed by atoms with E-state index < -0.39 is 0 Å². The lowest BCUT2D eigenvalue weighted by Gasteiger charge is -2.10. The van der Waals surface area contributed by atoms with Gasteiger partial charge in [-0.1, -0.05) is 29.3 Å². The summed E-state index contributed by atoms with van der Waals surface area (Å²) in [6, 6.07) is 8.21. The van der Waals surface area contributed by atoms with Gasteiger partial charge in [-0.15, -0.1) is 0 Å². The van der Waals surface area contributed by atoms with E-state index in [9.17, 15) is 4.39 Å². The number of methoxy groups -OCH3 is 2. The first-order valence-corrected chi connectivity index (χ1v) is 7.15. The van der Waals surface area contributed by atoms with Gasteiger partial charge in [0.1, 0.15) is 17.3 Å². The van der Waals surface area contributed by atoms with Crippen LogP contribution in [-0.2, 0) is 12.8 Å². The number of aryl methyl sites for hydroxylation is 1. The summed E-state index contributed by atoms with van der Waals surface area (Å²) in [5.41, 5.74) is 1.38. The van der Waals surface area contributed by atoms with Crippen LogP contribution in [0.5, 0.6) is 11.5 Å². The largest absolute Gasteiger partial charge is 0.497 e. The highest BCUT2D eigenvalue weighted by molar-refractivity contribution is 6.36. The summed E-state index contributed by atoms with van der Waals surface area (Å²) in [7, 11) is 3.06. The Labute approximate surface area is 133 Å². The maximum atomic E-state index is 13.9. The minimum absolute atomic E-state index is 0.296. The molecule has 0 atom stereocenters. The zero-order valence-corrected chi connectivity index (χ0v) is 13.3. The molecule has 2 rings (SSSR count). The molecule has 0 aliphatic rings. The van der Waals surface area contributed by atoms with Crippen LogP contribution in [0.3, 0.4) is 0 Å². The monoisotopic (exact) mass is 328 g/mol. The van der Waals surface area contributed by atoms with Crippen LogP contribution in [0.15, 0.2) is 30.3 Å². The van der Waals surface area contributed by atoms with E-state index in [0.717, 1.165) is 5.56 Å². The van der Waals surface area contributed by atoms with Crippen molar-refractivity contribution in [1.82, 2.24) is 0 Å². The van der Waals surface area contributed by atoms with Crippen LogP contribution in [0.25, 0.3) is 0 Å². The predicted octanol–water partition coefficient (Wildman–Crippen LogP) is 4.93. The van der Waals surface area contributed by atoms with E-state index in [2.05, 4.69) is 0 Å². The van der Waals surface area contributed by atoms with Crippen LogP contribution in [0.2, 0.25) is 10.0 Å². The third kappa shape index (κ3) is 3.80. The van der Waals surface area contributed by atoms with E-state index in [1.807, 2.05) is 0 Å². The van der Waals surface area contributed by atoms with Crippen molar-refractivity contribution in [2.75, 3.05) is 14.2 Å². The molecule has 0 radical (unpaired) electrons. The second-order valence-electron chi connectivity index (χ2n) is 4.53. The number of benzene rings is 2. The highest BCUT2D eigenvalue weighted by atomic mass is 35.5. The third-order valence-electron chi connectivity index (χ3n) is 3.25. The van der Waals surface area contributed by atoms with Crippen molar-refractivity contribution in [2.45, 2.75) is 12.8 Å². The summed E-state index contributed by atoms with van der Waals surface area (Å²) >= 11 is 12.4. The van der Waals surface area contributed by atoms with E-state index in [4.69, 9.17) is 32.7 Å². The Morgan fingerprint density at radius 2 is 1.52 bits per heavy atom. The van der Waals surface area contributed by atoms with Gasteiger partial charge in [-0.3, -0.25) is 0 Å². The molecular weight excluding hydrogens is 314 g/mol. The fraction of sp³-hybridized carbons (Fsp3) is 0.250. The topological polar surface area (TPSA) is 18.5 Å². The van der Waals surface area contributed by atoms with Gasteiger partial charge in [0.25, 0.3) is 0 Å². The summed E-state index contributed by atoms with van der Waals surface area (Å²) in [4.78, 5) is 0. The first kappa shape index (κ1) is 15.9. The number of hydrogen-bond acceptors (Lipinski definition) is 2. The Morgan fingerprint density at radius 3 is 2.05 bits per heavy atom. The van der Waals surface area contributed by atoms with E-state index >= 15 is 0 Å². The average molecular weight is 329 g/mol. The van der Waals surface area contributed by atoms with Gasteiger partial charge in [-0.2, -0.15) is 0 Å². The van der Waals surface area contributed by atoms with Crippen molar-refractivity contribution >= 4 is 23.2 Å². The van der Waals surface area contributed by atoms with Gasteiger partial charge in [0.2, 0.25) is 0 Å². The fourth-order valence-electron chi connectivity index (χ4n) is 2.05. The normalized spacial score (nSPS) is 10.5. The molecule has 0 bridgehead atoms. The third-order valence-corrected chi connectivity index (χ3v) is 3.93. The lowest BCUT2D eigenvalue weighted by Crippen LogP contribution is -1.98. The molecule has 0 aromatic heterocycles. The van der Waals surface area contributed by atoms with Gasteiger partial charge in [-0.05, 0) is 42.2 Å². The number of rotatable bonds is 5. The van der Waals surface area contributed by atoms with Gasteiger partial charge in [-0.25, -0.2) is 4.39 Å². The Morgan fingerprint density at radius 1 is 0.905 bits per heavy atom. The lowest BCUT2D eigenvalue weighted by molar-refractivity contribution is 0.410. The molecule has 0 aliphatic carbocycles. The minimum Gasteiger partial charge on any atom is -0.497 e. The second kappa shape index (κ2) is 7.01. The Balaban J connectivity index is 2.17. The quantitative estimate of drug-likeness (QED) is 0.774. The Kier molecular flexibility index (Phi) is 5.32. The molecule has 0 heterocycles. The molecule has 0 unspecified atom stereocenters. The van der Waals surface area contributed by atoms with Crippen molar-refractivity contribution in [1.29, 1.82) is 0 Å². The summed E-state index contributed by atoms with van der Waals surface area (Å²) in [6.45, 7) is 0. The lowest BCUT2D eigenvalue weighted by atomic mass is 10.0. The van der Waals surface area contributed by atoms with Crippen LogP contribution in [0.1, 0.15) is 11.1 Å². The van der Waals surface area contributed by atoms with Crippen molar-refractivity contribution < 1.29 is 13.9 Å². The SMILES string of the molecule is COc1ccc(CCc2c(Cl)cc(OC)cc2Cl)c(F)c1. The molecule has 0 spiro atoms. The van der Waals surface area contributed by atoms with E-state index in [1.165, 1.54) is 13.2 Å². The summed E-state index contributed by atoms with van der Waals surface area (Å²) in [6.07, 6.45) is 1.05. The number of hydrogen-bond donors (Lipinski definition) is 0. The van der Waals surface area contributed by atoms with Gasteiger partial charge in [0, 0.05) is 16.1 Å². The first-order valence-electron chi connectivity index (χ1n) is 6.39. The van der Waals surface area contributed by atoms with Crippen LogP contribution in [0, 0.1) is 5.82 Å². The van der Waals surface area contributed by atoms with Crippen LogP contribution in [0.4, 0.5) is 4.39 Å². The summed E-state index contributed by atoms with van der Waals surface area (Å²) < 4.78 is 24.0. The Hall–Kier alpha value is -1.45. The average Bonchev–Trinajstić information content (AvgIpc) is 2.47. The summed E-state index contributed by atoms with van der Waals surface area (Å²) in [5.74, 6) is 0.802. The van der Waals surface area contributed by atoms with Crippen LogP contribution in [-0.4, -0.2) is 14.2 Å². The molecule has 0 N–H and O–H groups in total. The minimum atomic E-state index is -0.296. The highest BCUT2D eigenvalue weighted by Gasteiger charge is 2.11. The molecule has 0 saturated heterocycles. The van der Waals surface area contributed by atoms with Crippen molar-refractivity contribution in [2.24, 2.45) is 0 Å². The fourth-order valence-corrected chi connectivity index (χ4v) is 2.71. The maximum Gasteiger partial charge on any atom is 0.130 e. The van der Waals surface area contributed by atoms with Gasteiger partial charge in [0.05, 0.1) is 14.2 Å². The molecule has 0 fully saturated rings. The van der Waals surface area contributed by atoms with Gasteiger partial charge in [0.15, 0.2) is 0 Å². The van der Waals surface area contributed by atoms with E-state index in [-0.39, 0.29) is 5.82 Å². The maximum absolute atomic E-state index is 13.9. The smallest absolute Gasteiger partial charge is 0.130 e. The molecule has 0 aliphatic heterocycles. The van der Waals surface area contributed by atoms with Crippen molar-refractivity contribution in [3.63, 3.8) is 0 Å². The molecule has 5 heteroatoms. The standard InChI is InChI=1S/C16H15Cl2FO2/c1-20-11-5-3-10(16(19)9-11)4-6-13-14(17)7-12(21-2)8-15(13)18/h3,5,7-9H,4,6H2,1-2H3. The molecule has 112 valence electrons. The zero-order chi connectivity index (χ0) is 15.4. The van der Waals surface area contributed by atoms with Gasteiger partial charge >= 0.3 is 0 Å². The molecule has 0 saturated carbocycles. The molecule has 21 heavy (non-hydrogen) atoms. The highest BCUT2D eigenvalue weighted by Crippen LogP contribution is 2.31. The van der Waals surface area contributed by atoms with Crippen molar-refractivity contribution in [3.05, 3.63) is 57.3 Å².